The molecule has 0 aliphatic carbocycles. The Balaban J connectivity index is 1.75. The van der Waals surface area contributed by atoms with E-state index < -0.39 is 28.9 Å². The number of ether oxygens (including phenoxy) is 2. The number of carboxylic acids is 1. The molecule has 0 radical (unpaired) electrons. The van der Waals surface area contributed by atoms with Crippen LogP contribution in [0, 0.1) is 13.8 Å². The van der Waals surface area contributed by atoms with Crippen molar-refractivity contribution >= 4 is 27.5 Å². The third-order valence-electron chi connectivity index (χ3n) is 7.33. The summed E-state index contributed by atoms with van der Waals surface area (Å²) in [5.74, 6) is -0.965. The summed E-state index contributed by atoms with van der Waals surface area (Å²) in [5, 5.41) is 10.2. The van der Waals surface area contributed by atoms with Gasteiger partial charge in [-0.2, -0.15) is 0 Å². The number of nitrogens with zero attached hydrogens (tertiary/aromatic N) is 3. The van der Waals surface area contributed by atoms with E-state index in [2.05, 4.69) is 4.98 Å². The van der Waals surface area contributed by atoms with Gasteiger partial charge in [0.25, 0.3) is 5.56 Å². The minimum absolute atomic E-state index is 0.0659. The van der Waals surface area contributed by atoms with Crippen LogP contribution in [0.5, 0.6) is 0 Å². The van der Waals surface area contributed by atoms with Gasteiger partial charge in [0, 0.05) is 13.2 Å². The second kappa shape index (κ2) is 10.6. The van der Waals surface area contributed by atoms with Crippen LogP contribution >= 0.6 is 11.3 Å². The molecular formula is C28H31N3O7S. The van der Waals surface area contributed by atoms with E-state index in [1.54, 1.807) is 6.92 Å². The molecule has 1 unspecified atom stereocenters. The zero-order valence-electron chi connectivity index (χ0n) is 22.3. The average molecular weight is 554 g/mol. The Morgan fingerprint density at radius 2 is 1.95 bits per heavy atom. The molecule has 1 N–H and O–H groups in total. The molecule has 1 aliphatic heterocycles. The Morgan fingerprint density at radius 1 is 1.23 bits per heavy atom. The molecule has 1 aliphatic rings. The standard InChI is InChI=1S/C28H31N3O7S/c1-16-7-5-6-8-19(16)20(38-18-9-12-36-13-10-18)15-30-25-21(17(2)22(39-25)23-29-11-14-37-23)24(32)31(27(30)35)28(3,4)26(33)34/h5-8,11,14,18,20H,9-10,12-13,15H2,1-4H3,(H,33,34). The number of benzene rings is 1. The molecule has 1 aromatic carbocycles. The number of aryl methyl sites for hydroxylation is 2. The van der Waals surface area contributed by atoms with Crippen molar-refractivity contribution in [3.8, 4) is 10.8 Å². The van der Waals surface area contributed by atoms with Crippen molar-refractivity contribution in [1.82, 2.24) is 14.1 Å². The number of hydrogen-bond acceptors (Lipinski definition) is 8. The normalized spacial score (nSPS) is 15.6. The van der Waals surface area contributed by atoms with Gasteiger partial charge >= 0.3 is 11.7 Å². The Hall–Kier alpha value is -3.54. The van der Waals surface area contributed by atoms with Gasteiger partial charge in [0.15, 0.2) is 0 Å². The van der Waals surface area contributed by atoms with Crippen LogP contribution < -0.4 is 11.2 Å². The number of fused-ring (bicyclic) bond motifs is 1. The summed E-state index contributed by atoms with van der Waals surface area (Å²) in [5.41, 5.74) is -0.677. The lowest BCUT2D eigenvalue weighted by Gasteiger charge is -2.30. The van der Waals surface area contributed by atoms with Gasteiger partial charge in [-0.05, 0) is 57.2 Å². The largest absolute Gasteiger partial charge is 0.480 e. The van der Waals surface area contributed by atoms with Gasteiger partial charge < -0.3 is 19.0 Å². The summed E-state index contributed by atoms with van der Waals surface area (Å²) in [6, 6.07) is 7.82. The highest BCUT2D eigenvalue weighted by atomic mass is 32.1. The predicted molar refractivity (Wildman–Crippen MR) is 146 cm³/mol. The highest BCUT2D eigenvalue weighted by Crippen LogP contribution is 2.37. The summed E-state index contributed by atoms with van der Waals surface area (Å²) >= 11 is 1.22. The molecule has 11 heteroatoms. The summed E-state index contributed by atoms with van der Waals surface area (Å²) in [6.07, 6.45) is 3.81. The molecule has 0 saturated carbocycles. The molecule has 206 valence electrons. The van der Waals surface area contributed by atoms with E-state index in [9.17, 15) is 19.5 Å². The lowest BCUT2D eigenvalue weighted by Crippen LogP contribution is -2.52. The molecule has 5 rings (SSSR count). The minimum Gasteiger partial charge on any atom is -0.480 e. The topological polar surface area (TPSA) is 126 Å². The Labute approximate surface area is 228 Å². The van der Waals surface area contributed by atoms with Gasteiger partial charge in [-0.3, -0.25) is 9.36 Å². The maximum atomic E-state index is 14.1. The number of aromatic nitrogens is 3. The second-order valence-electron chi connectivity index (χ2n) is 10.3. The fourth-order valence-corrected chi connectivity index (χ4v) is 6.25. The number of rotatable bonds is 8. The molecule has 0 spiro atoms. The first kappa shape index (κ1) is 27.0. The van der Waals surface area contributed by atoms with Crippen LogP contribution in [-0.2, 0) is 26.4 Å². The summed E-state index contributed by atoms with van der Waals surface area (Å²) in [4.78, 5) is 45.3. The maximum absolute atomic E-state index is 14.1. The number of thiophene rings is 1. The Bertz CT molecular complexity index is 1630. The molecule has 39 heavy (non-hydrogen) atoms. The molecule has 0 amide bonds. The maximum Gasteiger partial charge on any atom is 0.333 e. The molecule has 0 bridgehead atoms. The van der Waals surface area contributed by atoms with Crippen LogP contribution in [0.3, 0.4) is 0 Å². The number of aliphatic carboxylic acids is 1. The number of hydrogen-bond donors (Lipinski definition) is 1. The second-order valence-corrected chi connectivity index (χ2v) is 11.3. The predicted octanol–water partition coefficient (Wildman–Crippen LogP) is 4.25. The monoisotopic (exact) mass is 553 g/mol. The van der Waals surface area contributed by atoms with Crippen molar-refractivity contribution < 1.29 is 23.8 Å². The zero-order chi connectivity index (χ0) is 27.9. The first-order valence-corrected chi connectivity index (χ1v) is 13.6. The molecule has 4 heterocycles. The minimum atomic E-state index is -1.79. The lowest BCUT2D eigenvalue weighted by molar-refractivity contribution is -0.146. The van der Waals surface area contributed by atoms with Gasteiger partial charge in [-0.25, -0.2) is 19.1 Å². The molecule has 10 nitrogen and oxygen atoms in total. The first-order chi connectivity index (χ1) is 18.6. The van der Waals surface area contributed by atoms with E-state index in [4.69, 9.17) is 13.9 Å². The van der Waals surface area contributed by atoms with Gasteiger partial charge in [-0.1, -0.05) is 24.3 Å². The molecule has 3 aromatic heterocycles. The number of carboxylic acid groups (broad SMARTS) is 1. The van der Waals surface area contributed by atoms with Gasteiger partial charge in [-0.15, -0.1) is 11.3 Å². The van der Waals surface area contributed by atoms with E-state index in [1.807, 2.05) is 31.2 Å². The van der Waals surface area contributed by atoms with Gasteiger partial charge in [0.2, 0.25) is 5.89 Å². The number of carbonyl (C=O) groups is 1. The fraction of sp³-hybridized carbons (Fsp3) is 0.429. The van der Waals surface area contributed by atoms with Crippen LogP contribution in [0.15, 0.2) is 50.7 Å². The Kier molecular flexibility index (Phi) is 7.32. The van der Waals surface area contributed by atoms with Crippen LogP contribution in [0.1, 0.15) is 49.5 Å². The van der Waals surface area contributed by atoms with E-state index in [1.165, 1.54) is 42.2 Å². The van der Waals surface area contributed by atoms with Crippen molar-refractivity contribution in [2.45, 2.75) is 64.8 Å². The molecular weight excluding hydrogens is 522 g/mol. The third kappa shape index (κ3) is 4.86. The van der Waals surface area contributed by atoms with Gasteiger partial charge in [0.05, 0.1) is 29.1 Å². The highest BCUT2D eigenvalue weighted by molar-refractivity contribution is 7.22. The van der Waals surface area contributed by atoms with E-state index in [0.29, 0.717) is 34.4 Å². The van der Waals surface area contributed by atoms with E-state index in [-0.39, 0.29) is 18.0 Å². The highest BCUT2D eigenvalue weighted by Gasteiger charge is 2.36. The summed E-state index contributed by atoms with van der Waals surface area (Å²) < 4.78 is 19.9. The quantitative estimate of drug-likeness (QED) is 0.343. The third-order valence-corrected chi connectivity index (χ3v) is 8.63. The van der Waals surface area contributed by atoms with Crippen molar-refractivity contribution in [2.24, 2.45) is 0 Å². The fourth-order valence-electron chi connectivity index (χ4n) is 5.01. The smallest absolute Gasteiger partial charge is 0.333 e. The SMILES string of the molecule is Cc1ccccc1C(Cn1c(=O)n(C(C)(C)C(=O)O)c(=O)c2c(C)c(-c3ncco3)sc21)OC1CCOCC1. The van der Waals surface area contributed by atoms with Crippen molar-refractivity contribution in [3.05, 3.63) is 74.3 Å². The van der Waals surface area contributed by atoms with Gasteiger partial charge in [0.1, 0.15) is 22.7 Å². The van der Waals surface area contributed by atoms with Crippen molar-refractivity contribution in [1.29, 1.82) is 0 Å². The Morgan fingerprint density at radius 3 is 2.59 bits per heavy atom. The molecule has 4 aromatic rings. The van der Waals surface area contributed by atoms with Crippen molar-refractivity contribution in [2.75, 3.05) is 13.2 Å². The molecule has 1 atom stereocenters. The van der Waals surface area contributed by atoms with Crippen LogP contribution in [0.4, 0.5) is 0 Å². The average Bonchev–Trinajstić information content (AvgIpc) is 3.55. The van der Waals surface area contributed by atoms with Crippen molar-refractivity contribution in [3.63, 3.8) is 0 Å². The van der Waals surface area contributed by atoms with E-state index >= 15 is 0 Å². The summed E-state index contributed by atoms with van der Waals surface area (Å²) in [7, 11) is 0. The van der Waals surface area contributed by atoms with E-state index in [0.717, 1.165) is 28.5 Å². The molecule has 1 fully saturated rings. The van der Waals surface area contributed by atoms with Crippen LogP contribution in [0.2, 0.25) is 0 Å². The van der Waals surface area contributed by atoms with Crippen LogP contribution in [0.25, 0.3) is 21.0 Å². The summed E-state index contributed by atoms with van der Waals surface area (Å²) in [6.45, 7) is 7.71. The first-order valence-electron chi connectivity index (χ1n) is 12.8. The zero-order valence-corrected chi connectivity index (χ0v) is 23.1. The molecule has 1 saturated heterocycles. The number of oxazole rings is 1. The van der Waals surface area contributed by atoms with Crippen LogP contribution in [-0.4, -0.2) is 44.5 Å². The lowest BCUT2D eigenvalue weighted by atomic mass is 10.0.